The predicted molar refractivity (Wildman–Crippen MR) is 61.0 cm³/mol. The highest BCUT2D eigenvalue weighted by Crippen LogP contribution is 2.14. The van der Waals surface area contributed by atoms with Gasteiger partial charge in [-0.2, -0.15) is 0 Å². The number of aryl methyl sites for hydroxylation is 1. The van der Waals surface area contributed by atoms with Crippen molar-refractivity contribution in [2.75, 3.05) is 0 Å². The fourth-order valence-corrected chi connectivity index (χ4v) is 1.51. The van der Waals surface area contributed by atoms with Crippen molar-refractivity contribution in [3.05, 3.63) is 35.9 Å². The lowest BCUT2D eigenvalue weighted by Gasteiger charge is -2.09. The lowest BCUT2D eigenvalue weighted by Crippen LogP contribution is -2.04. The molecule has 1 rings (SSSR count). The molecular formula is C12H16N2. The highest BCUT2D eigenvalue weighted by molar-refractivity contribution is 5.51. The van der Waals surface area contributed by atoms with E-state index in [9.17, 15) is 0 Å². The van der Waals surface area contributed by atoms with Crippen molar-refractivity contribution < 1.29 is 0 Å². The van der Waals surface area contributed by atoms with E-state index in [4.69, 9.17) is 0 Å². The molecule has 0 amide bonds. The van der Waals surface area contributed by atoms with Gasteiger partial charge in [-0.05, 0) is 30.6 Å². The Morgan fingerprint density at radius 1 is 1.07 bits per heavy atom. The molecule has 0 unspecified atom stereocenters. The van der Waals surface area contributed by atoms with Gasteiger partial charge in [-0.15, -0.1) is 0 Å². The van der Waals surface area contributed by atoms with Crippen molar-refractivity contribution in [3.63, 3.8) is 0 Å². The van der Waals surface area contributed by atoms with Crippen LogP contribution in [0.4, 0.5) is 0 Å². The minimum atomic E-state index is 0.689. The molecule has 0 radical (unpaired) electrons. The molecule has 0 bridgehead atoms. The van der Waals surface area contributed by atoms with Crippen LogP contribution in [-0.2, 0) is 12.8 Å². The third-order valence-electron chi connectivity index (χ3n) is 2.21. The molecule has 0 spiro atoms. The van der Waals surface area contributed by atoms with E-state index in [1.807, 2.05) is 0 Å². The summed E-state index contributed by atoms with van der Waals surface area (Å²) in [6.45, 7) is 11.7. The Kier molecular flexibility index (Phi) is 3.57. The highest BCUT2D eigenvalue weighted by atomic mass is 14.9. The van der Waals surface area contributed by atoms with Crippen LogP contribution < -0.4 is 0 Å². The summed E-state index contributed by atoms with van der Waals surface area (Å²) < 4.78 is 0. The van der Waals surface area contributed by atoms with Crippen LogP contribution in [0, 0.1) is 0 Å². The molecular weight excluding hydrogens is 172 g/mol. The van der Waals surface area contributed by atoms with E-state index in [0.29, 0.717) is 5.82 Å². The zero-order valence-corrected chi connectivity index (χ0v) is 8.88. The summed E-state index contributed by atoms with van der Waals surface area (Å²) in [6.07, 6.45) is 5.33. The van der Waals surface area contributed by atoms with Crippen LogP contribution in [0.15, 0.2) is 13.2 Å². The van der Waals surface area contributed by atoms with Gasteiger partial charge < -0.3 is 0 Å². The molecule has 0 fully saturated rings. The van der Waals surface area contributed by atoms with Crippen LogP contribution >= 0.6 is 0 Å². The Hall–Kier alpha value is -1.44. The maximum atomic E-state index is 4.41. The molecule has 0 aromatic carbocycles. The van der Waals surface area contributed by atoms with Gasteiger partial charge in [-0.1, -0.05) is 27.0 Å². The molecule has 0 aliphatic heterocycles. The number of rotatable bonds is 4. The van der Waals surface area contributed by atoms with E-state index in [1.54, 1.807) is 12.2 Å². The summed E-state index contributed by atoms with van der Waals surface area (Å²) in [5.41, 5.74) is 3.25. The quantitative estimate of drug-likeness (QED) is 0.726. The monoisotopic (exact) mass is 188 g/mol. The van der Waals surface area contributed by atoms with E-state index < -0.39 is 0 Å². The zero-order valence-electron chi connectivity index (χ0n) is 8.88. The van der Waals surface area contributed by atoms with Crippen molar-refractivity contribution in [3.8, 4) is 0 Å². The summed E-state index contributed by atoms with van der Waals surface area (Å²) in [5, 5.41) is 0. The van der Waals surface area contributed by atoms with Gasteiger partial charge in [0.2, 0.25) is 0 Å². The lowest BCUT2D eigenvalue weighted by molar-refractivity contribution is 0.914. The van der Waals surface area contributed by atoms with Crippen LogP contribution in [0.25, 0.3) is 12.2 Å². The molecule has 14 heavy (non-hydrogen) atoms. The normalized spacial score (nSPS) is 9.86. The standard InChI is InChI=1S/C12H16N2/c1-5-9-10(6-2)13-12(8-4)14-11(9)7-3/h6,8H,2,4-5,7H2,1,3H3. The first-order valence-corrected chi connectivity index (χ1v) is 4.91. The second-order valence-corrected chi connectivity index (χ2v) is 3.01. The lowest BCUT2D eigenvalue weighted by atomic mass is 10.1. The van der Waals surface area contributed by atoms with Gasteiger partial charge in [-0.25, -0.2) is 9.97 Å². The van der Waals surface area contributed by atoms with Gasteiger partial charge in [-0.3, -0.25) is 0 Å². The molecule has 0 atom stereocenters. The third-order valence-corrected chi connectivity index (χ3v) is 2.21. The van der Waals surface area contributed by atoms with Crippen LogP contribution in [0.5, 0.6) is 0 Å². The number of nitrogens with zero attached hydrogens (tertiary/aromatic N) is 2. The Morgan fingerprint density at radius 3 is 2.21 bits per heavy atom. The number of hydrogen-bond donors (Lipinski definition) is 0. The molecule has 0 saturated carbocycles. The van der Waals surface area contributed by atoms with E-state index in [0.717, 1.165) is 24.2 Å². The first-order valence-electron chi connectivity index (χ1n) is 4.91. The smallest absolute Gasteiger partial charge is 0.152 e. The summed E-state index contributed by atoms with van der Waals surface area (Å²) in [4.78, 5) is 8.75. The largest absolute Gasteiger partial charge is 0.233 e. The zero-order chi connectivity index (χ0) is 10.6. The molecule has 1 aromatic rings. The Labute approximate surface area is 85.4 Å². The maximum absolute atomic E-state index is 4.41. The second-order valence-electron chi connectivity index (χ2n) is 3.01. The first-order chi connectivity index (χ1) is 6.76. The van der Waals surface area contributed by atoms with Crippen LogP contribution in [0.3, 0.4) is 0 Å². The molecule has 2 heteroatoms. The summed E-state index contributed by atoms with van der Waals surface area (Å²) in [6, 6.07) is 0. The van der Waals surface area contributed by atoms with Gasteiger partial charge in [0.05, 0.1) is 5.69 Å². The van der Waals surface area contributed by atoms with Crippen molar-refractivity contribution >= 4 is 12.2 Å². The van der Waals surface area contributed by atoms with E-state index in [2.05, 4.69) is 37.0 Å². The van der Waals surface area contributed by atoms with Crippen LogP contribution in [0.2, 0.25) is 0 Å². The number of hydrogen-bond acceptors (Lipinski definition) is 2. The molecule has 0 N–H and O–H groups in total. The first kappa shape index (κ1) is 10.6. The van der Waals surface area contributed by atoms with Crippen LogP contribution in [-0.4, -0.2) is 9.97 Å². The second kappa shape index (κ2) is 4.70. The predicted octanol–water partition coefficient (Wildman–Crippen LogP) is 2.89. The minimum Gasteiger partial charge on any atom is -0.233 e. The van der Waals surface area contributed by atoms with Crippen molar-refractivity contribution in [1.82, 2.24) is 9.97 Å². The topological polar surface area (TPSA) is 25.8 Å². The van der Waals surface area contributed by atoms with Crippen molar-refractivity contribution in [1.29, 1.82) is 0 Å². The van der Waals surface area contributed by atoms with Gasteiger partial charge in [0, 0.05) is 5.69 Å². The average molecular weight is 188 g/mol. The molecule has 0 saturated heterocycles. The molecule has 1 aromatic heterocycles. The van der Waals surface area contributed by atoms with Crippen molar-refractivity contribution in [2.45, 2.75) is 26.7 Å². The van der Waals surface area contributed by atoms with E-state index in [1.165, 1.54) is 5.56 Å². The van der Waals surface area contributed by atoms with Gasteiger partial charge in [0.15, 0.2) is 5.82 Å². The summed E-state index contributed by atoms with van der Waals surface area (Å²) in [5.74, 6) is 0.689. The highest BCUT2D eigenvalue weighted by Gasteiger charge is 2.07. The maximum Gasteiger partial charge on any atom is 0.152 e. The van der Waals surface area contributed by atoms with Gasteiger partial charge in [0.1, 0.15) is 0 Å². The molecule has 1 heterocycles. The summed E-state index contributed by atoms with van der Waals surface area (Å²) in [7, 11) is 0. The van der Waals surface area contributed by atoms with Gasteiger partial charge >= 0.3 is 0 Å². The molecule has 74 valence electrons. The Bertz CT molecular complexity index is 354. The molecule has 2 nitrogen and oxygen atoms in total. The molecule has 0 aliphatic rings. The minimum absolute atomic E-state index is 0.689. The fraction of sp³-hybridized carbons (Fsp3) is 0.333. The number of aromatic nitrogens is 2. The SMILES string of the molecule is C=Cc1nc(C=C)c(CC)c(CC)n1. The average Bonchev–Trinajstić information content (AvgIpc) is 2.26. The van der Waals surface area contributed by atoms with E-state index in [-0.39, 0.29) is 0 Å². The Morgan fingerprint density at radius 2 is 1.79 bits per heavy atom. The fourth-order valence-electron chi connectivity index (χ4n) is 1.51. The third kappa shape index (κ3) is 1.90. The van der Waals surface area contributed by atoms with Gasteiger partial charge in [0.25, 0.3) is 0 Å². The molecule has 0 aliphatic carbocycles. The van der Waals surface area contributed by atoms with E-state index >= 15 is 0 Å². The summed E-state index contributed by atoms with van der Waals surface area (Å²) >= 11 is 0. The Balaban J connectivity index is 3.38. The van der Waals surface area contributed by atoms with Crippen LogP contribution in [0.1, 0.15) is 36.6 Å². The van der Waals surface area contributed by atoms with Crippen molar-refractivity contribution in [2.24, 2.45) is 0 Å².